The van der Waals surface area contributed by atoms with Crippen molar-refractivity contribution in [2.75, 3.05) is 12.4 Å². The topological polar surface area (TPSA) is 47.6 Å². The second-order valence-electron chi connectivity index (χ2n) is 5.84. The third-order valence-electron chi connectivity index (χ3n) is 4.27. The van der Waals surface area contributed by atoms with Crippen LogP contribution in [0.4, 0.5) is 5.69 Å². The van der Waals surface area contributed by atoms with Crippen LogP contribution < -0.4 is 10.1 Å². The maximum Gasteiger partial charge on any atom is 0.306 e. The largest absolute Gasteiger partial charge is 0.489 e. The lowest BCUT2D eigenvalue weighted by Gasteiger charge is -2.15. The molecule has 0 saturated heterocycles. The van der Waals surface area contributed by atoms with Crippen LogP contribution in [-0.2, 0) is 16.1 Å². The Kier molecular flexibility index (Phi) is 4.51. The summed E-state index contributed by atoms with van der Waals surface area (Å²) >= 11 is 0. The standard InChI is InChI=1S/C19H21NO3/c1-13-16(11-19(21)22-2)17-10-15(8-9-18(17)20-13)23-12-14-6-4-3-5-7-14/h3-10,13,16,20H,11-12H2,1-2H3. The van der Waals surface area contributed by atoms with Crippen LogP contribution in [0.25, 0.3) is 0 Å². The Morgan fingerprint density at radius 1 is 1.17 bits per heavy atom. The van der Waals surface area contributed by atoms with E-state index in [-0.39, 0.29) is 17.9 Å². The van der Waals surface area contributed by atoms with E-state index in [0.717, 1.165) is 22.6 Å². The zero-order chi connectivity index (χ0) is 16.2. The molecule has 23 heavy (non-hydrogen) atoms. The van der Waals surface area contributed by atoms with Crippen LogP contribution in [0.5, 0.6) is 5.75 Å². The van der Waals surface area contributed by atoms with Gasteiger partial charge in [0.15, 0.2) is 0 Å². The quantitative estimate of drug-likeness (QED) is 0.855. The molecule has 2 aromatic rings. The first-order valence-corrected chi connectivity index (χ1v) is 7.81. The molecule has 4 nitrogen and oxygen atoms in total. The fourth-order valence-electron chi connectivity index (χ4n) is 2.97. The van der Waals surface area contributed by atoms with Gasteiger partial charge in [0.25, 0.3) is 0 Å². The van der Waals surface area contributed by atoms with Gasteiger partial charge in [0.1, 0.15) is 12.4 Å². The van der Waals surface area contributed by atoms with E-state index < -0.39 is 0 Å². The normalized spacial score (nSPS) is 18.9. The van der Waals surface area contributed by atoms with Gasteiger partial charge in [0.2, 0.25) is 0 Å². The number of hydrogen-bond donors (Lipinski definition) is 1. The zero-order valence-electron chi connectivity index (χ0n) is 13.4. The number of benzene rings is 2. The minimum atomic E-state index is -0.188. The number of rotatable bonds is 5. The number of hydrogen-bond acceptors (Lipinski definition) is 4. The Hall–Kier alpha value is -2.49. The fraction of sp³-hybridized carbons (Fsp3) is 0.316. The molecule has 0 spiro atoms. The van der Waals surface area contributed by atoms with Crippen molar-refractivity contribution >= 4 is 11.7 Å². The first-order chi connectivity index (χ1) is 11.2. The van der Waals surface area contributed by atoms with Crippen LogP contribution in [0.1, 0.15) is 30.4 Å². The number of ether oxygens (including phenoxy) is 2. The monoisotopic (exact) mass is 311 g/mol. The van der Waals surface area contributed by atoms with Crippen LogP contribution in [0, 0.1) is 0 Å². The van der Waals surface area contributed by atoms with Gasteiger partial charge in [-0.25, -0.2) is 0 Å². The molecular weight excluding hydrogens is 290 g/mol. The summed E-state index contributed by atoms with van der Waals surface area (Å²) in [6, 6.07) is 16.3. The molecule has 2 aromatic carbocycles. The molecule has 2 unspecified atom stereocenters. The van der Waals surface area contributed by atoms with Gasteiger partial charge in [-0.2, -0.15) is 0 Å². The summed E-state index contributed by atoms with van der Waals surface area (Å²) in [6.07, 6.45) is 0.375. The molecule has 0 aliphatic carbocycles. The Morgan fingerprint density at radius 2 is 1.96 bits per heavy atom. The Balaban J connectivity index is 1.74. The van der Waals surface area contributed by atoms with E-state index >= 15 is 0 Å². The van der Waals surface area contributed by atoms with Crippen molar-refractivity contribution in [2.24, 2.45) is 0 Å². The molecule has 1 aliphatic heterocycles. The van der Waals surface area contributed by atoms with E-state index in [4.69, 9.17) is 9.47 Å². The van der Waals surface area contributed by atoms with E-state index in [1.165, 1.54) is 7.11 Å². The predicted molar refractivity (Wildman–Crippen MR) is 89.7 cm³/mol. The van der Waals surface area contributed by atoms with Crippen molar-refractivity contribution in [1.29, 1.82) is 0 Å². The molecule has 0 amide bonds. The van der Waals surface area contributed by atoms with Crippen molar-refractivity contribution < 1.29 is 14.3 Å². The third kappa shape index (κ3) is 3.47. The van der Waals surface area contributed by atoms with Crippen LogP contribution in [0.3, 0.4) is 0 Å². The summed E-state index contributed by atoms with van der Waals surface area (Å²) in [5, 5.41) is 3.41. The minimum absolute atomic E-state index is 0.109. The Morgan fingerprint density at radius 3 is 2.70 bits per heavy atom. The highest BCUT2D eigenvalue weighted by Crippen LogP contribution is 2.40. The highest BCUT2D eigenvalue weighted by molar-refractivity contribution is 5.73. The lowest BCUT2D eigenvalue weighted by atomic mass is 9.92. The average molecular weight is 311 g/mol. The zero-order valence-corrected chi connectivity index (χ0v) is 13.4. The summed E-state index contributed by atoms with van der Waals surface area (Å²) in [7, 11) is 1.43. The predicted octanol–water partition coefficient (Wildman–Crippen LogP) is 3.73. The molecule has 1 N–H and O–H groups in total. The van der Waals surface area contributed by atoms with Crippen LogP contribution in [0.2, 0.25) is 0 Å². The summed E-state index contributed by atoms with van der Waals surface area (Å²) < 4.78 is 10.7. The molecule has 2 atom stereocenters. The highest BCUT2D eigenvalue weighted by atomic mass is 16.5. The molecule has 0 saturated carbocycles. The van der Waals surface area contributed by atoms with Gasteiger partial charge in [-0.1, -0.05) is 30.3 Å². The first kappa shape index (κ1) is 15.4. The summed E-state index contributed by atoms with van der Waals surface area (Å²) in [4.78, 5) is 11.6. The van der Waals surface area contributed by atoms with E-state index in [1.807, 2.05) is 48.5 Å². The number of anilines is 1. The molecule has 1 aliphatic rings. The lowest BCUT2D eigenvalue weighted by Crippen LogP contribution is -2.19. The number of esters is 1. The molecule has 3 rings (SSSR count). The van der Waals surface area contributed by atoms with Crippen molar-refractivity contribution in [1.82, 2.24) is 0 Å². The smallest absolute Gasteiger partial charge is 0.306 e. The molecule has 0 bridgehead atoms. The van der Waals surface area contributed by atoms with E-state index in [9.17, 15) is 4.79 Å². The summed E-state index contributed by atoms with van der Waals surface area (Å²) in [5.41, 5.74) is 3.32. The minimum Gasteiger partial charge on any atom is -0.489 e. The molecule has 1 heterocycles. The van der Waals surface area contributed by atoms with E-state index in [2.05, 4.69) is 12.2 Å². The van der Waals surface area contributed by atoms with E-state index in [1.54, 1.807) is 0 Å². The number of nitrogens with one attached hydrogen (secondary N) is 1. The summed E-state index contributed by atoms with van der Waals surface area (Å²) in [6.45, 7) is 2.61. The SMILES string of the molecule is COC(=O)CC1c2cc(OCc3ccccc3)ccc2NC1C. The van der Waals surface area contributed by atoms with Crippen LogP contribution >= 0.6 is 0 Å². The summed E-state index contributed by atoms with van der Waals surface area (Å²) in [5.74, 6) is 0.739. The number of carbonyl (C=O) groups is 1. The Bertz CT molecular complexity index is 684. The molecule has 4 heteroatoms. The second-order valence-corrected chi connectivity index (χ2v) is 5.84. The fourth-order valence-corrected chi connectivity index (χ4v) is 2.97. The van der Waals surface area contributed by atoms with Crippen molar-refractivity contribution in [3.05, 3.63) is 59.7 Å². The van der Waals surface area contributed by atoms with Crippen molar-refractivity contribution in [3.63, 3.8) is 0 Å². The van der Waals surface area contributed by atoms with Gasteiger partial charge < -0.3 is 14.8 Å². The average Bonchev–Trinajstić information content (AvgIpc) is 2.89. The first-order valence-electron chi connectivity index (χ1n) is 7.81. The van der Waals surface area contributed by atoms with Crippen LogP contribution in [0.15, 0.2) is 48.5 Å². The molecule has 120 valence electrons. The number of fused-ring (bicyclic) bond motifs is 1. The lowest BCUT2D eigenvalue weighted by molar-refractivity contribution is -0.141. The van der Waals surface area contributed by atoms with Gasteiger partial charge in [0.05, 0.1) is 13.5 Å². The van der Waals surface area contributed by atoms with Gasteiger partial charge in [-0.3, -0.25) is 4.79 Å². The number of methoxy groups -OCH3 is 1. The highest BCUT2D eigenvalue weighted by Gasteiger charge is 2.31. The molecule has 0 radical (unpaired) electrons. The molecular formula is C19H21NO3. The van der Waals surface area contributed by atoms with Crippen molar-refractivity contribution in [3.8, 4) is 5.75 Å². The second kappa shape index (κ2) is 6.73. The van der Waals surface area contributed by atoms with Gasteiger partial charge >= 0.3 is 5.97 Å². The number of carbonyl (C=O) groups excluding carboxylic acids is 1. The van der Waals surface area contributed by atoms with Crippen LogP contribution in [-0.4, -0.2) is 19.1 Å². The molecule has 0 aromatic heterocycles. The Labute approximate surface area is 136 Å². The maximum atomic E-state index is 11.6. The van der Waals surface area contributed by atoms with E-state index in [0.29, 0.717) is 13.0 Å². The maximum absolute atomic E-state index is 11.6. The van der Waals surface area contributed by atoms with Crippen molar-refractivity contribution in [2.45, 2.75) is 31.9 Å². The molecule has 0 fully saturated rings. The van der Waals surface area contributed by atoms with Gasteiger partial charge in [-0.05, 0) is 36.2 Å². The van der Waals surface area contributed by atoms with Gasteiger partial charge in [0, 0.05) is 17.6 Å². The van der Waals surface area contributed by atoms with Gasteiger partial charge in [-0.15, -0.1) is 0 Å². The third-order valence-corrected chi connectivity index (χ3v) is 4.27.